The number of carboxylic acids is 1. The topological polar surface area (TPSA) is 133 Å². The van der Waals surface area contributed by atoms with Crippen molar-refractivity contribution < 1.29 is 29.6 Å². The van der Waals surface area contributed by atoms with E-state index < -0.39 is 18.6 Å². The number of carbonyl (C=O) groups excluding carboxylic acids is 1. The third kappa shape index (κ3) is 3.06. The number of phenols is 1. The monoisotopic (exact) mass is 296 g/mol. The molecule has 0 saturated carbocycles. The Labute approximate surface area is 120 Å². The molecule has 1 aliphatic heterocycles. The van der Waals surface area contributed by atoms with E-state index in [2.05, 4.69) is 0 Å². The molecule has 8 nitrogen and oxygen atoms in total. The lowest BCUT2D eigenvalue weighted by Crippen LogP contribution is -2.60. The molecular weight excluding hydrogens is 280 g/mol. The molecule has 8 heteroatoms. The summed E-state index contributed by atoms with van der Waals surface area (Å²) in [5.74, 6) is -2.01. The number of carbonyl (C=O) groups is 2. The fourth-order valence-corrected chi connectivity index (χ4v) is 2.02. The molecule has 1 aromatic carbocycles. The minimum atomic E-state index is -1.29. The minimum Gasteiger partial charge on any atom is -0.507 e. The summed E-state index contributed by atoms with van der Waals surface area (Å²) in [6.07, 6.45) is -0.375. The van der Waals surface area contributed by atoms with Gasteiger partial charge in [0, 0.05) is 0 Å². The summed E-state index contributed by atoms with van der Waals surface area (Å²) in [7, 11) is 0. The van der Waals surface area contributed by atoms with E-state index in [1.807, 2.05) is 0 Å². The maximum atomic E-state index is 11.6. The van der Waals surface area contributed by atoms with Gasteiger partial charge in [-0.25, -0.2) is 4.79 Å². The van der Waals surface area contributed by atoms with Crippen LogP contribution in [0.3, 0.4) is 0 Å². The van der Waals surface area contributed by atoms with Crippen molar-refractivity contribution in [3.63, 3.8) is 0 Å². The molecule has 21 heavy (non-hydrogen) atoms. The van der Waals surface area contributed by atoms with Crippen LogP contribution in [-0.4, -0.2) is 63.9 Å². The van der Waals surface area contributed by atoms with Crippen LogP contribution < -0.4 is 10.5 Å². The molecule has 2 rings (SSSR count). The van der Waals surface area contributed by atoms with E-state index in [9.17, 15) is 14.7 Å². The molecule has 1 aliphatic rings. The molecule has 0 aromatic heterocycles. The molecule has 1 heterocycles. The van der Waals surface area contributed by atoms with Crippen molar-refractivity contribution in [2.75, 3.05) is 19.7 Å². The fraction of sp³-hybridized carbons (Fsp3) is 0.385. The van der Waals surface area contributed by atoms with Gasteiger partial charge in [0.05, 0.1) is 19.7 Å². The van der Waals surface area contributed by atoms with E-state index in [0.717, 1.165) is 0 Å². The molecule has 0 spiro atoms. The maximum Gasteiger partial charge on any atom is 0.343 e. The second-order valence-electron chi connectivity index (χ2n) is 4.73. The number of aromatic carboxylic acids is 1. The summed E-state index contributed by atoms with van der Waals surface area (Å²) >= 11 is 0. The summed E-state index contributed by atoms with van der Waals surface area (Å²) in [6.45, 7) is 0.0685. The molecule has 5 N–H and O–H groups in total. The van der Waals surface area contributed by atoms with Crippen molar-refractivity contribution in [2.24, 2.45) is 5.73 Å². The Kier molecular flexibility index (Phi) is 4.29. The number of amides is 1. The average molecular weight is 296 g/mol. The van der Waals surface area contributed by atoms with E-state index in [-0.39, 0.29) is 42.2 Å². The predicted octanol–water partition coefficient (Wildman–Crippen LogP) is -1.00. The van der Waals surface area contributed by atoms with E-state index >= 15 is 0 Å². The van der Waals surface area contributed by atoms with Crippen LogP contribution in [0.1, 0.15) is 10.4 Å². The lowest BCUT2D eigenvalue weighted by molar-refractivity contribution is -0.142. The van der Waals surface area contributed by atoms with Gasteiger partial charge in [-0.1, -0.05) is 6.07 Å². The van der Waals surface area contributed by atoms with Crippen molar-refractivity contribution >= 4 is 11.9 Å². The number of aliphatic hydroxyl groups excluding tert-OH is 1. The lowest BCUT2D eigenvalue weighted by atomic mass is 10.1. The van der Waals surface area contributed by atoms with Gasteiger partial charge in [-0.2, -0.15) is 0 Å². The quantitative estimate of drug-likeness (QED) is 0.547. The Morgan fingerprint density at radius 3 is 2.67 bits per heavy atom. The number of nitrogens with two attached hydrogens (primary N) is 1. The first-order valence-electron chi connectivity index (χ1n) is 6.31. The molecule has 1 aromatic rings. The molecule has 0 unspecified atom stereocenters. The molecule has 114 valence electrons. The Bertz CT molecular complexity index is 556. The Hall–Kier alpha value is -2.32. The summed E-state index contributed by atoms with van der Waals surface area (Å²) in [5.41, 5.74) is 5.10. The van der Waals surface area contributed by atoms with Crippen molar-refractivity contribution in [1.82, 2.24) is 4.90 Å². The first kappa shape index (κ1) is 15.1. The van der Waals surface area contributed by atoms with Crippen molar-refractivity contribution in [3.8, 4) is 11.5 Å². The second-order valence-corrected chi connectivity index (χ2v) is 4.73. The molecule has 1 fully saturated rings. The van der Waals surface area contributed by atoms with Crippen molar-refractivity contribution in [2.45, 2.75) is 12.1 Å². The molecule has 1 amide bonds. The zero-order valence-electron chi connectivity index (χ0n) is 11.1. The van der Waals surface area contributed by atoms with Gasteiger partial charge >= 0.3 is 5.97 Å². The number of rotatable bonds is 5. The molecule has 0 aliphatic carbocycles. The van der Waals surface area contributed by atoms with Crippen LogP contribution in [0.25, 0.3) is 0 Å². The molecule has 0 radical (unpaired) electrons. The van der Waals surface area contributed by atoms with Crippen LogP contribution in [0.5, 0.6) is 11.5 Å². The highest BCUT2D eigenvalue weighted by atomic mass is 16.5. The molecule has 0 bridgehead atoms. The number of aromatic hydroxyl groups is 1. The van der Waals surface area contributed by atoms with Gasteiger partial charge in [-0.3, -0.25) is 4.79 Å². The minimum absolute atomic E-state index is 0.0473. The maximum absolute atomic E-state index is 11.6. The van der Waals surface area contributed by atoms with E-state index in [1.165, 1.54) is 23.1 Å². The number of ether oxygens (including phenoxy) is 1. The number of hydrogen-bond donors (Lipinski definition) is 4. The number of hydrogen-bond acceptors (Lipinski definition) is 6. The first-order valence-corrected chi connectivity index (χ1v) is 6.31. The SMILES string of the molecule is N[C@H](CO)C(=O)N1CC(Oc2cccc(O)c2C(=O)O)C1. The third-order valence-electron chi connectivity index (χ3n) is 3.19. The highest BCUT2D eigenvalue weighted by Gasteiger charge is 2.35. The Morgan fingerprint density at radius 2 is 2.10 bits per heavy atom. The summed E-state index contributed by atoms with van der Waals surface area (Å²) in [4.78, 5) is 24.1. The lowest BCUT2D eigenvalue weighted by Gasteiger charge is -2.40. The van der Waals surface area contributed by atoms with Gasteiger partial charge in [0.1, 0.15) is 29.2 Å². The molecule has 1 atom stereocenters. The highest BCUT2D eigenvalue weighted by molar-refractivity contribution is 5.94. The summed E-state index contributed by atoms with van der Waals surface area (Å²) in [6, 6.07) is 3.21. The van der Waals surface area contributed by atoms with Crippen molar-refractivity contribution in [3.05, 3.63) is 23.8 Å². The van der Waals surface area contributed by atoms with Crippen LogP contribution in [-0.2, 0) is 4.79 Å². The third-order valence-corrected chi connectivity index (χ3v) is 3.19. The van der Waals surface area contributed by atoms with Gasteiger partial charge in [-0.05, 0) is 12.1 Å². The molecular formula is C13H16N2O6. The Balaban J connectivity index is 1.99. The first-order chi connectivity index (χ1) is 9.93. The normalized spacial score (nSPS) is 16.2. The van der Waals surface area contributed by atoms with Gasteiger partial charge in [0.2, 0.25) is 5.91 Å². The zero-order valence-corrected chi connectivity index (χ0v) is 11.1. The van der Waals surface area contributed by atoms with Crippen LogP contribution >= 0.6 is 0 Å². The van der Waals surface area contributed by atoms with Crippen LogP contribution in [0.4, 0.5) is 0 Å². The van der Waals surface area contributed by atoms with E-state index in [4.69, 9.17) is 20.7 Å². The smallest absolute Gasteiger partial charge is 0.343 e. The van der Waals surface area contributed by atoms with Crippen LogP contribution in [0.15, 0.2) is 18.2 Å². The number of aliphatic hydroxyl groups is 1. The van der Waals surface area contributed by atoms with E-state index in [0.29, 0.717) is 0 Å². The van der Waals surface area contributed by atoms with Gasteiger partial charge in [0.15, 0.2) is 0 Å². The average Bonchev–Trinajstić information content (AvgIpc) is 2.40. The Morgan fingerprint density at radius 1 is 1.43 bits per heavy atom. The standard InChI is InChI=1S/C13H16N2O6/c14-8(6-16)12(18)15-4-7(5-15)21-10-3-1-2-9(17)11(10)13(19)20/h1-3,7-8,16-17H,4-6,14H2,(H,19,20)/t8-/m1/s1. The summed E-state index contributed by atoms with van der Waals surface area (Å²) < 4.78 is 5.48. The van der Waals surface area contributed by atoms with Gasteiger partial charge in [0.25, 0.3) is 0 Å². The number of nitrogens with zero attached hydrogens (tertiary/aromatic N) is 1. The van der Waals surface area contributed by atoms with Crippen molar-refractivity contribution in [1.29, 1.82) is 0 Å². The van der Waals surface area contributed by atoms with Crippen LogP contribution in [0, 0.1) is 0 Å². The number of carboxylic acid groups (broad SMARTS) is 1. The number of benzene rings is 1. The fourth-order valence-electron chi connectivity index (χ4n) is 2.02. The largest absolute Gasteiger partial charge is 0.507 e. The summed E-state index contributed by atoms with van der Waals surface area (Å²) in [5, 5.41) is 27.4. The number of likely N-dealkylation sites (tertiary alicyclic amines) is 1. The highest BCUT2D eigenvalue weighted by Crippen LogP contribution is 2.29. The van der Waals surface area contributed by atoms with Crippen LogP contribution in [0.2, 0.25) is 0 Å². The molecule has 1 saturated heterocycles. The van der Waals surface area contributed by atoms with Gasteiger partial charge < -0.3 is 30.7 Å². The van der Waals surface area contributed by atoms with Gasteiger partial charge in [-0.15, -0.1) is 0 Å². The zero-order chi connectivity index (χ0) is 15.6. The second kappa shape index (κ2) is 5.98. The predicted molar refractivity (Wildman–Crippen MR) is 71.1 cm³/mol. The van der Waals surface area contributed by atoms with E-state index in [1.54, 1.807) is 0 Å².